The molecule has 1 atom stereocenters. The average Bonchev–Trinajstić information content (AvgIpc) is 2.95. The lowest BCUT2D eigenvalue weighted by atomic mass is 9.47. The fraction of sp³-hybridized carbons (Fsp3) is 0.556. The summed E-state index contributed by atoms with van der Waals surface area (Å²) in [4.78, 5) is 8.19. The van der Waals surface area contributed by atoms with Gasteiger partial charge in [0.1, 0.15) is 17.6 Å². The first kappa shape index (κ1) is 19.0. The smallest absolute Gasteiger partial charge is 0.402 e. The van der Waals surface area contributed by atoms with Gasteiger partial charge in [-0.3, -0.25) is 0 Å². The van der Waals surface area contributed by atoms with Gasteiger partial charge < -0.3 is 20.1 Å². The Labute approximate surface area is 158 Å². The molecule has 3 saturated carbocycles. The molecule has 0 unspecified atom stereocenters. The number of aliphatic hydroxyl groups is 1. The molecule has 0 spiro atoms. The van der Waals surface area contributed by atoms with Gasteiger partial charge in [0.05, 0.1) is 11.2 Å². The molecule has 0 aliphatic heterocycles. The molecule has 6 nitrogen and oxygen atoms in total. The predicted octanol–water partition coefficient (Wildman–Crippen LogP) is 3.72. The molecular weight excluding hydrogens is 380 g/mol. The highest BCUT2D eigenvalue weighted by Crippen LogP contribution is 2.68. The van der Waals surface area contributed by atoms with E-state index >= 15 is 0 Å². The lowest BCUT2D eigenvalue weighted by Gasteiger charge is -2.66. The van der Waals surface area contributed by atoms with Crippen molar-refractivity contribution in [3.63, 3.8) is 0 Å². The Bertz CT molecular complexity index is 905. The van der Waals surface area contributed by atoms with Gasteiger partial charge in [0.2, 0.25) is 0 Å². The fourth-order valence-electron chi connectivity index (χ4n) is 4.09. The van der Waals surface area contributed by atoms with E-state index in [1.807, 2.05) is 13.8 Å². The second-order valence-corrected chi connectivity index (χ2v) is 8.10. The van der Waals surface area contributed by atoms with E-state index < -0.39 is 35.2 Å². The number of alkyl halides is 4. The summed E-state index contributed by atoms with van der Waals surface area (Å²) in [6.45, 7) is 3.64. The zero-order valence-electron chi connectivity index (χ0n) is 15.3. The second kappa shape index (κ2) is 5.82. The van der Waals surface area contributed by atoms with E-state index in [0.29, 0.717) is 30.8 Å². The van der Waals surface area contributed by atoms with E-state index in [1.165, 1.54) is 6.20 Å². The quantitative estimate of drug-likeness (QED) is 0.748. The van der Waals surface area contributed by atoms with Gasteiger partial charge in [0.15, 0.2) is 11.6 Å². The van der Waals surface area contributed by atoms with Crippen LogP contribution in [0.3, 0.4) is 0 Å². The van der Waals surface area contributed by atoms with Crippen LogP contribution in [0, 0.1) is 5.92 Å². The molecule has 10 heteroatoms. The van der Waals surface area contributed by atoms with Gasteiger partial charge in [-0.25, -0.2) is 14.4 Å². The Hall–Kier alpha value is -2.36. The first-order valence-electron chi connectivity index (χ1n) is 8.90. The van der Waals surface area contributed by atoms with Crippen LogP contribution in [-0.4, -0.2) is 31.7 Å². The molecule has 0 amide bonds. The number of hydrogen-bond acceptors (Lipinski definition) is 5. The van der Waals surface area contributed by atoms with Crippen LogP contribution in [0.5, 0.6) is 5.75 Å². The lowest BCUT2D eigenvalue weighted by molar-refractivity contribution is -0.274. The van der Waals surface area contributed by atoms with Crippen molar-refractivity contribution < 1.29 is 27.4 Å². The number of aliphatic hydroxyl groups excluding tert-OH is 1. The van der Waals surface area contributed by atoms with E-state index in [0.717, 1.165) is 6.07 Å². The van der Waals surface area contributed by atoms with Crippen molar-refractivity contribution in [3.05, 3.63) is 24.3 Å². The van der Waals surface area contributed by atoms with Crippen molar-refractivity contribution in [2.45, 2.75) is 56.8 Å². The van der Waals surface area contributed by atoms with Crippen molar-refractivity contribution >= 4 is 5.82 Å². The van der Waals surface area contributed by atoms with Crippen molar-refractivity contribution in [2.24, 2.45) is 5.92 Å². The highest BCUT2D eigenvalue weighted by atomic mass is 19.4. The SMILES string of the molecule is CC(C)[C@@H](O)c1nc(-c2cnc(N)c(OC(F)(F)F)c2)cn1C12CC(F)(C1)C2. The van der Waals surface area contributed by atoms with Crippen LogP contribution in [-0.2, 0) is 5.54 Å². The number of ether oxygens (including phenoxy) is 1. The number of imidazole rings is 1. The minimum Gasteiger partial charge on any atom is -0.402 e. The van der Waals surface area contributed by atoms with Gasteiger partial charge in [0, 0.05) is 37.2 Å². The number of anilines is 1. The third-order valence-corrected chi connectivity index (χ3v) is 5.48. The molecule has 2 aromatic rings. The van der Waals surface area contributed by atoms with E-state index in [1.54, 1.807) is 10.8 Å². The lowest BCUT2D eigenvalue weighted by Crippen LogP contribution is -2.70. The maximum Gasteiger partial charge on any atom is 0.573 e. The number of nitrogen functional groups attached to an aromatic ring is 1. The largest absolute Gasteiger partial charge is 0.573 e. The van der Waals surface area contributed by atoms with Gasteiger partial charge in [-0.2, -0.15) is 0 Å². The molecular formula is C18H20F4N4O2. The molecule has 3 aliphatic rings. The van der Waals surface area contributed by atoms with Gasteiger partial charge in [-0.1, -0.05) is 13.8 Å². The third kappa shape index (κ3) is 2.99. The number of nitrogens with zero attached hydrogens (tertiary/aromatic N) is 3. The minimum atomic E-state index is -4.91. The minimum absolute atomic E-state index is 0.144. The van der Waals surface area contributed by atoms with E-state index in [9.17, 15) is 22.7 Å². The molecule has 0 saturated heterocycles. The maximum atomic E-state index is 14.0. The highest BCUT2D eigenvalue weighted by Gasteiger charge is 2.70. The zero-order valence-corrected chi connectivity index (χ0v) is 15.3. The molecule has 0 aromatic carbocycles. The Morgan fingerprint density at radius 3 is 2.46 bits per heavy atom. The van der Waals surface area contributed by atoms with Crippen LogP contribution in [0.2, 0.25) is 0 Å². The zero-order chi connectivity index (χ0) is 20.5. The van der Waals surface area contributed by atoms with Gasteiger partial charge in [0.25, 0.3) is 0 Å². The number of aromatic nitrogens is 3. The third-order valence-electron chi connectivity index (χ3n) is 5.48. The molecule has 3 N–H and O–H groups in total. The molecule has 2 aromatic heterocycles. The van der Waals surface area contributed by atoms with Crippen LogP contribution in [0.1, 0.15) is 45.0 Å². The molecule has 2 heterocycles. The maximum absolute atomic E-state index is 14.0. The van der Waals surface area contributed by atoms with E-state index in [4.69, 9.17) is 5.73 Å². The van der Waals surface area contributed by atoms with E-state index in [-0.39, 0.29) is 11.5 Å². The Balaban J connectivity index is 1.74. The van der Waals surface area contributed by atoms with Gasteiger partial charge >= 0.3 is 6.36 Å². The molecule has 2 bridgehead atoms. The molecule has 0 radical (unpaired) electrons. The molecule has 28 heavy (non-hydrogen) atoms. The number of halogens is 4. The predicted molar refractivity (Wildman–Crippen MR) is 92.0 cm³/mol. The monoisotopic (exact) mass is 400 g/mol. The first-order chi connectivity index (χ1) is 12.9. The van der Waals surface area contributed by atoms with Crippen molar-refractivity contribution in [1.82, 2.24) is 14.5 Å². The van der Waals surface area contributed by atoms with Crippen molar-refractivity contribution in [2.75, 3.05) is 5.73 Å². The number of pyridine rings is 1. The Morgan fingerprint density at radius 2 is 1.93 bits per heavy atom. The Kier molecular flexibility index (Phi) is 3.94. The summed E-state index contributed by atoms with van der Waals surface area (Å²) in [6.07, 6.45) is -1.86. The summed E-state index contributed by atoms with van der Waals surface area (Å²) in [6, 6.07) is 1.10. The summed E-state index contributed by atoms with van der Waals surface area (Å²) in [5.41, 5.74) is 4.46. The topological polar surface area (TPSA) is 86.2 Å². The number of nitrogens with two attached hydrogens (primary N) is 1. The summed E-state index contributed by atoms with van der Waals surface area (Å²) < 4.78 is 57.5. The van der Waals surface area contributed by atoms with Crippen LogP contribution >= 0.6 is 0 Å². The summed E-state index contributed by atoms with van der Waals surface area (Å²) in [5.74, 6) is -0.809. The van der Waals surface area contributed by atoms with Gasteiger partial charge in [-0.15, -0.1) is 13.2 Å². The Morgan fingerprint density at radius 1 is 1.29 bits per heavy atom. The molecule has 152 valence electrons. The first-order valence-corrected chi connectivity index (χ1v) is 8.90. The van der Waals surface area contributed by atoms with Crippen LogP contribution in [0.25, 0.3) is 11.3 Å². The van der Waals surface area contributed by atoms with Crippen LogP contribution in [0.4, 0.5) is 23.4 Å². The number of hydrogen-bond donors (Lipinski definition) is 2. The van der Waals surface area contributed by atoms with Crippen LogP contribution < -0.4 is 10.5 Å². The average molecular weight is 400 g/mol. The second-order valence-electron chi connectivity index (χ2n) is 8.10. The van der Waals surface area contributed by atoms with E-state index in [2.05, 4.69) is 14.7 Å². The van der Waals surface area contributed by atoms with Crippen molar-refractivity contribution in [1.29, 1.82) is 0 Å². The molecule has 5 rings (SSSR count). The normalized spacial score (nSPS) is 27.3. The summed E-state index contributed by atoms with van der Waals surface area (Å²) in [5, 5.41) is 10.6. The fourth-order valence-corrected chi connectivity index (χ4v) is 4.09. The van der Waals surface area contributed by atoms with Gasteiger partial charge in [-0.05, 0) is 12.0 Å². The van der Waals surface area contributed by atoms with Crippen molar-refractivity contribution in [3.8, 4) is 17.0 Å². The number of rotatable bonds is 5. The summed E-state index contributed by atoms with van der Waals surface area (Å²) >= 11 is 0. The molecule has 3 aliphatic carbocycles. The summed E-state index contributed by atoms with van der Waals surface area (Å²) in [7, 11) is 0. The highest BCUT2D eigenvalue weighted by molar-refractivity contribution is 5.64. The molecule has 3 fully saturated rings. The standard InChI is InChI=1S/C18H20F4N4O2/c1-9(2)13(27)15-25-11(5-26(15)17-6-16(19,7-17)8-17)10-3-12(14(23)24-4-10)28-18(20,21)22/h3-5,9,13,27H,6-8H2,1-2H3,(H2,23,24)/t13-,16?,17?/m1/s1. The van der Waals surface area contributed by atoms with Crippen LogP contribution in [0.15, 0.2) is 18.5 Å².